The summed E-state index contributed by atoms with van der Waals surface area (Å²) in [6, 6.07) is 8.21. The first-order valence-corrected chi connectivity index (χ1v) is 6.98. The summed E-state index contributed by atoms with van der Waals surface area (Å²) in [7, 11) is 0. The number of likely N-dealkylation sites (N-methyl/N-ethyl adjacent to an activating group) is 1. The Bertz CT molecular complexity index is 357. The summed E-state index contributed by atoms with van der Waals surface area (Å²) in [6.45, 7) is 3.91. The molecule has 1 fully saturated rings. The van der Waals surface area contributed by atoms with Crippen molar-refractivity contribution in [3.63, 3.8) is 0 Å². The predicted molar refractivity (Wildman–Crippen MR) is 75.3 cm³/mol. The number of nitrogens with zero attached hydrogens (tertiary/aromatic N) is 1. The summed E-state index contributed by atoms with van der Waals surface area (Å²) in [4.78, 5) is 2.41. The van der Waals surface area contributed by atoms with E-state index in [2.05, 4.69) is 11.8 Å². The zero-order valence-electron chi connectivity index (χ0n) is 11.2. The molecule has 1 saturated carbocycles. The molecule has 3 heteroatoms. The molecule has 1 atom stereocenters. The minimum atomic E-state index is -0.411. The van der Waals surface area contributed by atoms with Crippen molar-refractivity contribution < 1.29 is 5.11 Å². The molecule has 0 amide bonds. The van der Waals surface area contributed by atoms with E-state index in [1.165, 1.54) is 25.7 Å². The molecule has 3 N–H and O–H groups in total. The average molecular weight is 248 g/mol. The fourth-order valence-electron chi connectivity index (χ4n) is 2.85. The van der Waals surface area contributed by atoms with Crippen molar-refractivity contribution in [2.45, 2.75) is 44.8 Å². The largest absolute Gasteiger partial charge is 0.399 e. The molecule has 0 aliphatic heterocycles. The van der Waals surface area contributed by atoms with Crippen LogP contribution in [0.15, 0.2) is 24.3 Å². The van der Waals surface area contributed by atoms with Crippen LogP contribution in [0.3, 0.4) is 0 Å². The van der Waals surface area contributed by atoms with E-state index in [4.69, 9.17) is 5.73 Å². The number of anilines is 1. The highest BCUT2D eigenvalue weighted by Crippen LogP contribution is 2.25. The average Bonchev–Trinajstić information content (AvgIpc) is 2.90. The van der Waals surface area contributed by atoms with Gasteiger partial charge in [0.15, 0.2) is 0 Å². The van der Waals surface area contributed by atoms with E-state index in [0.717, 1.165) is 24.3 Å². The molecule has 3 nitrogen and oxygen atoms in total. The molecule has 0 aromatic heterocycles. The Morgan fingerprint density at radius 1 is 1.28 bits per heavy atom. The monoisotopic (exact) mass is 248 g/mol. The molecule has 0 spiro atoms. The van der Waals surface area contributed by atoms with Gasteiger partial charge >= 0.3 is 0 Å². The van der Waals surface area contributed by atoms with Crippen LogP contribution in [0.25, 0.3) is 0 Å². The molecular formula is C15H24N2O. The highest BCUT2D eigenvalue weighted by Gasteiger charge is 2.23. The van der Waals surface area contributed by atoms with Gasteiger partial charge in [-0.15, -0.1) is 0 Å². The highest BCUT2D eigenvalue weighted by atomic mass is 16.3. The minimum Gasteiger partial charge on any atom is -0.399 e. The first kappa shape index (κ1) is 13.4. The maximum atomic E-state index is 10.3. The fourth-order valence-corrected chi connectivity index (χ4v) is 2.85. The molecule has 0 bridgehead atoms. The zero-order valence-corrected chi connectivity index (χ0v) is 11.2. The van der Waals surface area contributed by atoms with Crippen LogP contribution in [-0.2, 0) is 0 Å². The third-order valence-electron chi connectivity index (χ3n) is 3.98. The summed E-state index contributed by atoms with van der Waals surface area (Å²) in [6.07, 6.45) is 4.81. The van der Waals surface area contributed by atoms with Crippen LogP contribution >= 0.6 is 0 Å². The van der Waals surface area contributed by atoms with E-state index in [1.807, 2.05) is 24.3 Å². The second kappa shape index (κ2) is 6.21. The van der Waals surface area contributed by atoms with Crippen LogP contribution < -0.4 is 5.73 Å². The number of rotatable bonds is 5. The number of aliphatic hydroxyl groups is 1. The summed E-state index contributed by atoms with van der Waals surface area (Å²) in [5.41, 5.74) is 7.37. The number of benzene rings is 1. The van der Waals surface area contributed by atoms with Crippen LogP contribution in [-0.4, -0.2) is 29.1 Å². The van der Waals surface area contributed by atoms with Gasteiger partial charge < -0.3 is 10.8 Å². The standard InChI is InChI=1S/C15H24N2O/c1-2-17(14-5-3-4-6-14)11-15(18)12-7-9-13(16)10-8-12/h7-10,14-15,18H,2-6,11,16H2,1H3. The van der Waals surface area contributed by atoms with Gasteiger partial charge in [0.2, 0.25) is 0 Å². The van der Waals surface area contributed by atoms with Crippen molar-refractivity contribution in [1.29, 1.82) is 0 Å². The van der Waals surface area contributed by atoms with Gasteiger partial charge in [0, 0.05) is 18.3 Å². The lowest BCUT2D eigenvalue weighted by Crippen LogP contribution is -2.36. The van der Waals surface area contributed by atoms with Crippen molar-refractivity contribution >= 4 is 5.69 Å². The molecule has 0 heterocycles. The maximum absolute atomic E-state index is 10.3. The van der Waals surface area contributed by atoms with Gasteiger partial charge in [-0.05, 0) is 37.1 Å². The Hall–Kier alpha value is -1.06. The van der Waals surface area contributed by atoms with E-state index < -0.39 is 6.10 Å². The van der Waals surface area contributed by atoms with Crippen molar-refractivity contribution in [1.82, 2.24) is 4.90 Å². The third-order valence-corrected chi connectivity index (χ3v) is 3.98. The van der Waals surface area contributed by atoms with Gasteiger partial charge in [0.25, 0.3) is 0 Å². The number of nitrogens with two attached hydrogens (primary N) is 1. The molecule has 1 aliphatic carbocycles. The third kappa shape index (κ3) is 3.24. The van der Waals surface area contributed by atoms with Crippen molar-refractivity contribution in [2.24, 2.45) is 0 Å². The number of hydrogen-bond donors (Lipinski definition) is 2. The summed E-state index contributed by atoms with van der Waals surface area (Å²) in [5.74, 6) is 0. The first-order valence-electron chi connectivity index (χ1n) is 6.98. The molecule has 0 radical (unpaired) electrons. The van der Waals surface area contributed by atoms with Crippen LogP contribution in [0.5, 0.6) is 0 Å². The Balaban J connectivity index is 1.96. The summed E-state index contributed by atoms with van der Waals surface area (Å²) < 4.78 is 0. The maximum Gasteiger partial charge on any atom is 0.0917 e. The highest BCUT2D eigenvalue weighted by molar-refractivity contribution is 5.39. The van der Waals surface area contributed by atoms with Crippen LogP contribution in [0, 0.1) is 0 Å². The van der Waals surface area contributed by atoms with Crippen molar-refractivity contribution in [3.05, 3.63) is 29.8 Å². The van der Waals surface area contributed by atoms with Gasteiger partial charge in [-0.1, -0.05) is 31.9 Å². The van der Waals surface area contributed by atoms with Crippen LogP contribution in [0.1, 0.15) is 44.3 Å². The predicted octanol–water partition coefficient (Wildman–Crippen LogP) is 2.57. The molecular weight excluding hydrogens is 224 g/mol. The second-order valence-electron chi connectivity index (χ2n) is 5.21. The Morgan fingerprint density at radius 2 is 1.89 bits per heavy atom. The van der Waals surface area contributed by atoms with Crippen molar-refractivity contribution in [2.75, 3.05) is 18.8 Å². The number of aliphatic hydroxyl groups excluding tert-OH is 1. The lowest BCUT2D eigenvalue weighted by molar-refractivity contribution is 0.0914. The van der Waals surface area contributed by atoms with Crippen LogP contribution in [0.2, 0.25) is 0 Å². The summed E-state index contributed by atoms with van der Waals surface area (Å²) >= 11 is 0. The fraction of sp³-hybridized carbons (Fsp3) is 0.600. The Labute approximate surface area is 110 Å². The zero-order chi connectivity index (χ0) is 13.0. The van der Waals surface area contributed by atoms with Gasteiger partial charge in [-0.2, -0.15) is 0 Å². The SMILES string of the molecule is CCN(CC(O)c1ccc(N)cc1)C1CCCC1. The molecule has 0 saturated heterocycles. The Kier molecular flexibility index (Phi) is 4.61. The molecule has 1 aromatic rings. The normalized spacial score (nSPS) is 18.4. The van der Waals surface area contributed by atoms with E-state index in [0.29, 0.717) is 6.04 Å². The lowest BCUT2D eigenvalue weighted by Gasteiger charge is -2.29. The van der Waals surface area contributed by atoms with Gasteiger partial charge in [0.1, 0.15) is 0 Å². The topological polar surface area (TPSA) is 49.5 Å². The second-order valence-corrected chi connectivity index (χ2v) is 5.21. The van der Waals surface area contributed by atoms with E-state index in [-0.39, 0.29) is 0 Å². The summed E-state index contributed by atoms with van der Waals surface area (Å²) in [5, 5.41) is 10.3. The quantitative estimate of drug-likeness (QED) is 0.787. The lowest BCUT2D eigenvalue weighted by atomic mass is 10.1. The van der Waals surface area contributed by atoms with Gasteiger partial charge in [-0.25, -0.2) is 0 Å². The van der Waals surface area contributed by atoms with E-state index in [1.54, 1.807) is 0 Å². The minimum absolute atomic E-state index is 0.411. The number of nitrogen functional groups attached to an aromatic ring is 1. The van der Waals surface area contributed by atoms with E-state index >= 15 is 0 Å². The Morgan fingerprint density at radius 3 is 2.44 bits per heavy atom. The number of hydrogen-bond acceptors (Lipinski definition) is 3. The first-order chi connectivity index (χ1) is 8.70. The molecule has 18 heavy (non-hydrogen) atoms. The van der Waals surface area contributed by atoms with Gasteiger partial charge in [0.05, 0.1) is 6.10 Å². The molecule has 2 rings (SSSR count). The molecule has 1 aliphatic rings. The molecule has 1 unspecified atom stereocenters. The van der Waals surface area contributed by atoms with E-state index in [9.17, 15) is 5.11 Å². The van der Waals surface area contributed by atoms with Crippen LogP contribution in [0.4, 0.5) is 5.69 Å². The molecule has 1 aromatic carbocycles. The van der Waals surface area contributed by atoms with Crippen molar-refractivity contribution in [3.8, 4) is 0 Å². The van der Waals surface area contributed by atoms with Gasteiger partial charge in [-0.3, -0.25) is 4.90 Å². The smallest absolute Gasteiger partial charge is 0.0917 e. The molecule has 100 valence electrons.